The molecule has 2 aromatic carbocycles. The Balaban J connectivity index is 1.61. The van der Waals surface area contributed by atoms with Crippen LogP contribution < -0.4 is 4.46 Å². The zero-order valence-electron chi connectivity index (χ0n) is 16.0. The molecule has 2 bridgehead atoms. The number of rotatable bonds is 7. The van der Waals surface area contributed by atoms with Crippen LogP contribution in [0.2, 0.25) is 4.82 Å². The molecule has 4 atom stereocenters. The molecule has 3 aliphatic rings. The quantitative estimate of drug-likeness (QED) is 0.276. The van der Waals surface area contributed by atoms with Crippen LogP contribution in [0.3, 0.4) is 0 Å². The molecule has 6 heteroatoms. The second-order valence-electron chi connectivity index (χ2n) is 7.11. The third-order valence-corrected chi connectivity index (χ3v) is 8.53. The maximum absolute atomic E-state index is 12.8. The number of esters is 2. The topological polar surface area (TPSA) is 61.8 Å². The van der Waals surface area contributed by atoms with Gasteiger partial charge in [-0.2, -0.15) is 0 Å². The van der Waals surface area contributed by atoms with Gasteiger partial charge in [0.25, 0.3) is 0 Å². The number of methoxy groups -OCH3 is 1. The SMILES string of the molecule is COC(=O)C12C=CC(OC1=O)C(COCc1ccccc1)C2[Se]c1ccccc1. The van der Waals surface area contributed by atoms with Crippen molar-refractivity contribution in [1.29, 1.82) is 0 Å². The molecule has 0 aromatic heterocycles. The van der Waals surface area contributed by atoms with Crippen molar-refractivity contribution in [2.24, 2.45) is 11.3 Å². The van der Waals surface area contributed by atoms with Crippen molar-refractivity contribution in [3.63, 3.8) is 0 Å². The minimum absolute atomic E-state index is 0.110. The number of ether oxygens (including phenoxy) is 3. The Morgan fingerprint density at radius 3 is 2.45 bits per heavy atom. The molecule has 4 unspecified atom stereocenters. The Labute approximate surface area is 176 Å². The molecule has 5 rings (SSSR count). The molecular formula is C23H22O5Se. The van der Waals surface area contributed by atoms with Crippen LogP contribution in [0.25, 0.3) is 0 Å². The molecule has 150 valence electrons. The van der Waals surface area contributed by atoms with E-state index in [-0.39, 0.29) is 31.8 Å². The summed E-state index contributed by atoms with van der Waals surface area (Å²) in [6, 6.07) is 19.9. The van der Waals surface area contributed by atoms with Crippen LogP contribution in [0.1, 0.15) is 5.56 Å². The molecule has 0 radical (unpaired) electrons. The average molecular weight is 457 g/mol. The number of hydrogen-bond acceptors (Lipinski definition) is 5. The van der Waals surface area contributed by atoms with Gasteiger partial charge < -0.3 is 0 Å². The van der Waals surface area contributed by atoms with E-state index in [0.29, 0.717) is 13.2 Å². The monoisotopic (exact) mass is 458 g/mol. The first-order valence-corrected chi connectivity index (χ1v) is 11.3. The van der Waals surface area contributed by atoms with E-state index in [2.05, 4.69) is 0 Å². The van der Waals surface area contributed by atoms with Crippen molar-refractivity contribution < 1.29 is 23.8 Å². The zero-order chi connectivity index (χ0) is 20.3. The fraction of sp³-hybridized carbons (Fsp3) is 0.304. The Kier molecular flexibility index (Phi) is 5.86. The van der Waals surface area contributed by atoms with Gasteiger partial charge in [-0.3, -0.25) is 0 Å². The second kappa shape index (κ2) is 8.54. The number of carbonyl (C=O) groups excluding carboxylic acids is 2. The summed E-state index contributed by atoms with van der Waals surface area (Å²) in [6.07, 6.45) is 3.12. The van der Waals surface area contributed by atoms with Crippen LogP contribution in [0, 0.1) is 11.3 Å². The van der Waals surface area contributed by atoms with Crippen LogP contribution >= 0.6 is 0 Å². The van der Waals surface area contributed by atoms with Crippen molar-refractivity contribution in [3.8, 4) is 0 Å². The van der Waals surface area contributed by atoms with E-state index < -0.39 is 17.4 Å². The predicted molar refractivity (Wildman–Crippen MR) is 109 cm³/mol. The number of hydrogen-bond donors (Lipinski definition) is 0. The van der Waals surface area contributed by atoms with E-state index in [4.69, 9.17) is 14.2 Å². The molecule has 2 heterocycles. The van der Waals surface area contributed by atoms with Gasteiger partial charge in [-0.05, 0) is 0 Å². The maximum atomic E-state index is 12.8. The first kappa shape index (κ1) is 19.9. The summed E-state index contributed by atoms with van der Waals surface area (Å²) in [6.45, 7) is 0.868. The standard InChI is InChI=1S/C23H22O5Se/c1-26-21(24)23-13-12-19(28-22(23)25)18(15-27-14-16-8-4-2-5-9-16)20(23)29-17-10-6-3-7-11-17/h2-13,18-20H,14-15H2,1H3. The summed E-state index contributed by atoms with van der Waals surface area (Å²) < 4.78 is 17.8. The summed E-state index contributed by atoms with van der Waals surface area (Å²) in [5, 5.41) is 0. The van der Waals surface area contributed by atoms with Gasteiger partial charge in [0.05, 0.1) is 0 Å². The van der Waals surface area contributed by atoms with E-state index in [1.807, 2.05) is 66.7 Å². The van der Waals surface area contributed by atoms with E-state index in [9.17, 15) is 9.59 Å². The van der Waals surface area contributed by atoms with E-state index >= 15 is 0 Å². The molecule has 5 nitrogen and oxygen atoms in total. The van der Waals surface area contributed by atoms with Crippen LogP contribution in [0.4, 0.5) is 0 Å². The Bertz CT molecular complexity index is 898. The van der Waals surface area contributed by atoms with Crippen molar-refractivity contribution in [3.05, 3.63) is 78.4 Å². The first-order chi connectivity index (χ1) is 14.1. The average Bonchev–Trinajstić information content (AvgIpc) is 2.76. The Morgan fingerprint density at radius 1 is 1.10 bits per heavy atom. The van der Waals surface area contributed by atoms with E-state index in [1.165, 1.54) is 7.11 Å². The Morgan fingerprint density at radius 2 is 1.79 bits per heavy atom. The van der Waals surface area contributed by atoms with Gasteiger partial charge in [-0.15, -0.1) is 0 Å². The number of carbonyl (C=O) groups is 2. The number of fused-ring (bicyclic) bond motifs is 2. The van der Waals surface area contributed by atoms with Crippen molar-refractivity contribution in [2.45, 2.75) is 17.5 Å². The summed E-state index contributed by atoms with van der Waals surface area (Å²) in [5.41, 5.74) is -0.325. The molecule has 29 heavy (non-hydrogen) atoms. The third-order valence-electron chi connectivity index (χ3n) is 5.34. The molecule has 0 N–H and O–H groups in total. The molecule has 0 saturated carbocycles. The Hall–Kier alpha value is -2.40. The van der Waals surface area contributed by atoms with Gasteiger partial charge in [-0.1, -0.05) is 0 Å². The molecule has 1 saturated heterocycles. The van der Waals surface area contributed by atoms with Gasteiger partial charge in [0.15, 0.2) is 0 Å². The van der Waals surface area contributed by atoms with Gasteiger partial charge in [-0.25, -0.2) is 0 Å². The van der Waals surface area contributed by atoms with Crippen LogP contribution in [0.15, 0.2) is 72.8 Å². The molecule has 1 aliphatic carbocycles. The van der Waals surface area contributed by atoms with Gasteiger partial charge in [0, 0.05) is 0 Å². The van der Waals surface area contributed by atoms with Crippen molar-refractivity contribution >= 4 is 31.4 Å². The molecule has 2 aromatic rings. The summed E-state index contributed by atoms with van der Waals surface area (Å²) in [4.78, 5) is 25.4. The number of benzene rings is 2. The van der Waals surface area contributed by atoms with Crippen LogP contribution in [0.5, 0.6) is 0 Å². The molecule has 2 aliphatic heterocycles. The van der Waals surface area contributed by atoms with Gasteiger partial charge in [0.1, 0.15) is 0 Å². The van der Waals surface area contributed by atoms with Crippen molar-refractivity contribution in [2.75, 3.05) is 13.7 Å². The second-order valence-corrected chi connectivity index (χ2v) is 9.65. The van der Waals surface area contributed by atoms with Gasteiger partial charge in [0.2, 0.25) is 0 Å². The molecule has 0 spiro atoms. The molecule has 0 amide bonds. The summed E-state index contributed by atoms with van der Waals surface area (Å²) in [7, 11) is 1.31. The third kappa shape index (κ3) is 3.76. The van der Waals surface area contributed by atoms with Crippen molar-refractivity contribution in [1.82, 2.24) is 0 Å². The normalized spacial score (nSPS) is 27.5. The predicted octanol–water partition coefficient (Wildman–Crippen LogP) is 2.29. The first-order valence-electron chi connectivity index (χ1n) is 9.47. The molecule has 1 fully saturated rings. The zero-order valence-corrected chi connectivity index (χ0v) is 17.7. The minimum atomic E-state index is -1.40. The van der Waals surface area contributed by atoms with Gasteiger partial charge >= 0.3 is 176 Å². The van der Waals surface area contributed by atoms with Crippen LogP contribution in [-0.2, 0) is 30.4 Å². The van der Waals surface area contributed by atoms with Crippen LogP contribution in [-0.4, -0.2) is 46.7 Å². The van der Waals surface area contributed by atoms with E-state index in [0.717, 1.165) is 10.0 Å². The fourth-order valence-corrected chi connectivity index (χ4v) is 6.95. The molecular weight excluding hydrogens is 435 g/mol. The summed E-state index contributed by atoms with van der Waals surface area (Å²) in [5.74, 6) is -1.19. The fourth-order valence-electron chi connectivity index (χ4n) is 3.86. The summed E-state index contributed by atoms with van der Waals surface area (Å²) >= 11 is -0.140. The van der Waals surface area contributed by atoms with E-state index in [1.54, 1.807) is 6.08 Å².